The normalized spacial score (nSPS) is 21.1. The van der Waals surface area contributed by atoms with Crippen LogP contribution in [0, 0.1) is 17.2 Å². The van der Waals surface area contributed by atoms with Crippen molar-refractivity contribution < 1.29 is 23.9 Å². The third kappa shape index (κ3) is 5.74. The SMILES string of the molecule is CC(C)(C)OC(=O)N1C2CCC(C2)C1C(=O)NC(C#N)Cc1ccc2c3ccccc3n(C(=O)OC(C)(C)C)c2c1. The summed E-state index contributed by atoms with van der Waals surface area (Å²) in [4.78, 5) is 41.3. The van der Waals surface area contributed by atoms with Crippen LogP contribution in [0.5, 0.6) is 0 Å². The number of aromatic nitrogens is 1. The van der Waals surface area contributed by atoms with Crippen LogP contribution in [0.3, 0.4) is 0 Å². The molecule has 2 aliphatic rings. The van der Waals surface area contributed by atoms with E-state index < -0.39 is 35.5 Å². The number of hydrogen-bond donors (Lipinski definition) is 1. The summed E-state index contributed by atoms with van der Waals surface area (Å²) in [6.07, 6.45) is 1.75. The van der Waals surface area contributed by atoms with Crippen molar-refractivity contribution in [2.24, 2.45) is 5.92 Å². The van der Waals surface area contributed by atoms with Gasteiger partial charge in [-0.25, -0.2) is 14.2 Å². The van der Waals surface area contributed by atoms with E-state index in [0.717, 1.165) is 41.1 Å². The highest BCUT2D eigenvalue weighted by atomic mass is 16.6. The van der Waals surface area contributed by atoms with Crippen LogP contribution < -0.4 is 5.32 Å². The molecule has 2 aromatic carbocycles. The van der Waals surface area contributed by atoms with E-state index in [-0.39, 0.29) is 24.3 Å². The summed E-state index contributed by atoms with van der Waals surface area (Å²) >= 11 is 0. The number of carbonyl (C=O) groups is 3. The quantitative estimate of drug-likeness (QED) is 0.425. The van der Waals surface area contributed by atoms with Crippen molar-refractivity contribution in [2.45, 2.75) is 96.6 Å². The minimum absolute atomic E-state index is 0.0247. The average Bonchev–Trinajstić information content (AvgIpc) is 3.57. The van der Waals surface area contributed by atoms with E-state index in [1.807, 2.05) is 63.2 Å². The number of para-hydroxylation sites is 1. The molecule has 9 heteroatoms. The van der Waals surface area contributed by atoms with Gasteiger partial charge in [0.05, 0.1) is 17.1 Å². The molecule has 3 aromatic rings. The number of nitrogens with one attached hydrogen (secondary N) is 1. The Morgan fingerprint density at radius 3 is 2.29 bits per heavy atom. The van der Waals surface area contributed by atoms with Crippen molar-refractivity contribution in [3.05, 3.63) is 48.0 Å². The standard InChI is InChI=1S/C32H38N4O5/c1-31(2,3)40-29(38)35-22-13-12-20(17-22)27(35)28(37)34-21(18-33)15-19-11-14-24-23-9-7-8-10-25(23)36(26(24)16-19)30(39)41-32(4,5)6/h7-11,14,16,20-22,27H,12-13,15,17H2,1-6H3,(H,34,37). The van der Waals surface area contributed by atoms with Crippen LogP contribution in [0.1, 0.15) is 66.4 Å². The first kappa shape index (κ1) is 28.5. The molecule has 2 bridgehead atoms. The fourth-order valence-corrected chi connectivity index (χ4v) is 6.17. The van der Waals surface area contributed by atoms with E-state index in [4.69, 9.17) is 9.47 Å². The smallest absolute Gasteiger partial charge is 0.419 e. The number of likely N-dealkylation sites (tertiary alicyclic amines) is 1. The van der Waals surface area contributed by atoms with Crippen molar-refractivity contribution in [2.75, 3.05) is 0 Å². The van der Waals surface area contributed by atoms with E-state index in [9.17, 15) is 19.6 Å². The van der Waals surface area contributed by atoms with Gasteiger partial charge in [0.2, 0.25) is 5.91 Å². The topological polar surface area (TPSA) is 114 Å². The summed E-state index contributed by atoms with van der Waals surface area (Å²) < 4.78 is 12.9. The van der Waals surface area contributed by atoms with Crippen LogP contribution in [0.15, 0.2) is 42.5 Å². The average molecular weight is 559 g/mol. The van der Waals surface area contributed by atoms with Crippen molar-refractivity contribution in [3.63, 3.8) is 0 Å². The van der Waals surface area contributed by atoms with Gasteiger partial charge in [-0.3, -0.25) is 9.69 Å². The first-order valence-corrected chi connectivity index (χ1v) is 14.2. The van der Waals surface area contributed by atoms with E-state index in [2.05, 4.69) is 11.4 Å². The maximum Gasteiger partial charge on any atom is 0.419 e. The lowest BCUT2D eigenvalue weighted by molar-refractivity contribution is -0.128. The third-order valence-electron chi connectivity index (χ3n) is 7.68. The zero-order valence-corrected chi connectivity index (χ0v) is 24.6. The Kier molecular flexibility index (Phi) is 7.22. The van der Waals surface area contributed by atoms with Gasteiger partial charge in [0.25, 0.3) is 0 Å². The van der Waals surface area contributed by atoms with Crippen molar-refractivity contribution >= 4 is 39.9 Å². The maximum atomic E-state index is 13.5. The molecule has 1 saturated carbocycles. The summed E-state index contributed by atoms with van der Waals surface area (Å²) in [7, 11) is 0. The Hall–Kier alpha value is -4.06. The Labute approximate surface area is 240 Å². The molecule has 2 fully saturated rings. The predicted molar refractivity (Wildman–Crippen MR) is 155 cm³/mol. The fourth-order valence-electron chi connectivity index (χ4n) is 6.17. The molecule has 5 rings (SSSR count). The molecule has 2 heterocycles. The monoisotopic (exact) mass is 558 g/mol. The molecule has 0 radical (unpaired) electrons. The second-order valence-corrected chi connectivity index (χ2v) is 13.1. The number of carbonyl (C=O) groups excluding carboxylic acids is 3. The first-order valence-electron chi connectivity index (χ1n) is 14.2. The number of nitrogens with zero attached hydrogens (tertiary/aromatic N) is 3. The van der Waals surface area contributed by atoms with Crippen LogP contribution in [0.4, 0.5) is 9.59 Å². The molecule has 1 aliphatic carbocycles. The Morgan fingerprint density at radius 1 is 0.951 bits per heavy atom. The molecule has 216 valence electrons. The van der Waals surface area contributed by atoms with Gasteiger partial charge in [-0.1, -0.05) is 30.3 Å². The lowest BCUT2D eigenvalue weighted by Gasteiger charge is -2.35. The van der Waals surface area contributed by atoms with Gasteiger partial charge < -0.3 is 14.8 Å². The van der Waals surface area contributed by atoms with E-state index in [1.165, 1.54) is 0 Å². The second kappa shape index (κ2) is 10.4. The molecular weight excluding hydrogens is 520 g/mol. The minimum Gasteiger partial charge on any atom is -0.444 e. The number of ether oxygens (including phenoxy) is 2. The number of fused-ring (bicyclic) bond motifs is 5. The lowest BCUT2D eigenvalue weighted by atomic mass is 9.97. The molecule has 2 amide bonds. The molecule has 1 aliphatic heterocycles. The van der Waals surface area contributed by atoms with Crippen LogP contribution in [0.25, 0.3) is 21.8 Å². The zero-order chi connectivity index (χ0) is 29.7. The Balaban J connectivity index is 1.39. The lowest BCUT2D eigenvalue weighted by Crippen LogP contribution is -2.55. The van der Waals surface area contributed by atoms with Crippen molar-refractivity contribution in [1.29, 1.82) is 5.26 Å². The molecule has 41 heavy (non-hydrogen) atoms. The van der Waals surface area contributed by atoms with Gasteiger partial charge in [-0.05, 0) is 84.4 Å². The van der Waals surface area contributed by atoms with Crippen LogP contribution >= 0.6 is 0 Å². The highest BCUT2D eigenvalue weighted by molar-refractivity contribution is 6.12. The summed E-state index contributed by atoms with van der Waals surface area (Å²) in [5.74, 6) is -0.286. The summed E-state index contributed by atoms with van der Waals surface area (Å²) in [5.41, 5.74) is 0.849. The Bertz CT molecular complexity index is 1550. The van der Waals surface area contributed by atoms with Gasteiger partial charge in [0, 0.05) is 23.2 Å². The first-order chi connectivity index (χ1) is 19.3. The summed E-state index contributed by atoms with van der Waals surface area (Å²) in [5, 5.41) is 14.7. The molecule has 4 unspecified atom stereocenters. The number of hydrogen-bond acceptors (Lipinski definition) is 6. The minimum atomic E-state index is -0.820. The molecule has 1 N–H and O–H groups in total. The van der Waals surface area contributed by atoms with Gasteiger partial charge in [-0.2, -0.15) is 5.26 Å². The number of piperidine rings is 1. The number of nitriles is 1. The number of rotatable bonds is 4. The predicted octanol–water partition coefficient (Wildman–Crippen LogP) is 5.92. The Morgan fingerprint density at radius 2 is 1.61 bits per heavy atom. The molecular formula is C32H38N4O5. The van der Waals surface area contributed by atoms with Gasteiger partial charge >= 0.3 is 12.2 Å². The van der Waals surface area contributed by atoms with Gasteiger partial charge in [0.1, 0.15) is 23.3 Å². The molecule has 1 aromatic heterocycles. The van der Waals surface area contributed by atoms with Crippen molar-refractivity contribution in [1.82, 2.24) is 14.8 Å². The maximum absolute atomic E-state index is 13.5. The van der Waals surface area contributed by atoms with Crippen molar-refractivity contribution in [3.8, 4) is 6.07 Å². The third-order valence-corrected chi connectivity index (χ3v) is 7.68. The number of amides is 2. The second-order valence-electron chi connectivity index (χ2n) is 13.1. The number of benzene rings is 2. The van der Waals surface area contributed by atoms with Gasteiger partial charge in [-0.15, -0.1) is 0 Å². The van der Waals surface area contributed by atoms with E-state index in [1.54, 1.807) is 30.2 Å². The van der Waals surface area contributed by atoms with Gasteiger partial charge in [0.15, 0.2) is 0 Å². The molecule has 4 atom stereocenters. The highest BCUT2D eigenvalue weighted by Crippen LogP contribution is 2.43. The van der Waals surface area contributed by atoms with Crippen LogP contribution in [-0.4, -0.2) is 56.9 Å². The fraction of sp³-hybridized carbons (Fsp3) is 0.500. The van der Waals surface area contributed by atoms with E-state index in [0.29, 0.717) is 5.52 Å². The van der Waals surface area contributed by atoms with Crippen LogP contribution in [-0.2, 0) is 20.7 Å². The summed E-state index contributed by atoms with van der Waals surface area (Å²) in [6, 6.07) is 14.1. The largest absolute Gasteiger partial charge is 0.444 e. The van der Waals surface area contributed by atoms with E-state index >= 15 is 0 Å². The molecule has 1 saturated heterocycles. The van der Waals surface area contributed by atoms with Crippen LogP contribution in [0.2, 0.25) is 0 Å². The zero-order valence-electron chi connectivity index (χ0n) is 24.6. The molecule has 9 nitrogen and oxygen atoms in total. The summed E-state index contributed by atoms with van der Waals surface area (Å²) in [6.45, 7) is 10.9. The highest BCUT2D eigenvalue weighted by Gasteiger charge is 2.52. The molecule has 0 spiro atoms.